The summed E-state index contributed by atoms with van der Waals surface area (Å²) in [6.45, 7) is 6.11. The van der Waals surface area contributed by atoms with Gasteiger partial charge in [-0.05, 0) is 12.5 Å². The van der Waals surface area contributed by atoms with Gasteiger partial charge in [0.05, 0.1) is 0 Å². The van der Waals surface area contributed by atoms with Crippen molar-refractivity contribution in [1.82, 2.24) is 4.90 Å². The molecule has 0 aliphatic carbocycles. The molecule has 1 amide bonds. The minimum atomic E-state index is -0.592. The lowest BCUT2D eigenvalue weighted by atomic mass is 10.1. The number of benzene rings is 1. The molecule has 1 unspecified atom stereocenters. The van der Waals surface area contributed by atoms with Crippen molar-refractivity contribution in [2.45, 2.75) is 13.0 Å². The summed E-state index contributed by atoms with van der Waals surface area (Å²) in [5.74, 6) is -0.0937. The van der Waals surface area contributed by atoms with Gasteiger partial charge in [0.2, 0.25) is 5.91 Å². The van der Waals surface area contributed by atoms with Gasteiger partial charge in [0.25, 0.3) is 0 Å². The highest BCUT2D eigenvalue weighted by Crippen LogP contribution is 2.13. The average Bonchev–Trinajstić information content (AvgIpc) is 2.28. The van der Waals surface area contributed by atoms with Crippen LogP contribution in [0.1, 0.15) is 17.2 Å². The van der Waals surface area contributed by atoms with Crippen LogP contribution in [0.4, 0.5) is 0 Å². The molecule has 2 N–H and O–H groups in total. The van der Waals surface area contributed by atoms with Gasteiger partial charge >= 0.3 is 0 Å². The number of aryl methyl sites for hydroxylation is 1. The van der Waals surface area contributed by atoms with E-state index in [0.29, 0.717) is 6.54 Å². The summed E-state index contributed by atoms with van der Waals surface area (Å²) in [5, 5.41) is 0. The number of carbonyl (C=O) groups excluding carboxylic acids is 1. The summed E-state index contributed by atoms with van der Waals surface area (Å²) in [6.07, 6.45) is 1.68. The van der Waals surface area contributed by atoms with E-state index < -0.39 is 6.04 Å². The molecular weight excluding hydrogens is 236 g/mol. The summed E-state index contributed by atoms with van der Waals surface area (Å²) in [7, 11) is 1.72. The Morgan fingerprint density at radius 1 is 1.47 bits per heavy atom. The third-order valence-corrected chi connectivity index (χ3v) is 2.48. The molecule has 1 rings (SSSR count). The SMILES string of the molecule is C=CCN(C)C(=O)C(N)c1ccc(C)cc1.Cl. The van der Waals surface area contributed by atoms with Gasteiger partial charge in [-0.1, -0.05) is 35.9 Å². The van der Waals surface area contributed by atoms with Crippen LogP contribution in [0.2, 0.25) is 0 Å². The van der Waals surface area contributed by atoms with Gasteiger partial charge in [-0.2, -0.15) is 0 Å². The largest absolute Gasteiger partial charge is 0.340 e. The fourth-order valence-electron chi connectivity index (χ4n) is 1.44. The zero-order valence-electron chi connectivity index (χ0n) is 10.2. The molecule has 0 aliphatic heterocycles. The van der Waals surface area contributed by atoms with Crippen LogP contribution >= 0.6 is 12.4 Å². The summed E-state index contributed by atoms with van der Waals surface area (Å²) in [5.41, 5.74) is 7.89. The number of hydrogen-bond acceptors (Lipinski definition) is 2. The predicted molar refractivity (Wildman–Crippen MR) is 73.2 cm³/mol. The van der Waals surface area contributed by atoms with Crippen molar-refractivity contribution in [2.24, 2.45) is 5.73 Å². The van der Waals surface area contributed by atoms with E-state index in [1.54, 1.807) is 18.0 Å². The number of nitrogens with zero attached hydrogens (tertiary/aromatic N) is 1. The highest BCUT2D eigenvalue weighted by atomic mass is 35.5. The number of rotatable bonds is 4. The van der Waals surface area contributed by atoms with Crippen LogP contribution in [0.15, 0.2) is 36.9 Å². The maximum absolute atomic E-state index is 11.9. The van der Waals surface area contributed by atoms with Crippen molar-refractivity contribution in [1.29, 1.82) is 0 Å². The summed E-state index contributed by atoms with van der Waals surface area (Å²) < 4.78 is 0. The number of carbonyl (C=O) groups is 1. The molecule has 0 aromatic heterocycles. The Labute approximate surface area is 109 Å². The van der Waals surface area contributed by atoms with E-state index in [9.17, 15) is 4.79 Å². The first kappa shape index (κ1) is 15.7. The van der Waals surface area contributed by atoms with E-state index in [0.717, 1.165) is 11.1 Å². The molecule has 3 nitrogen and oxygen atoms in total. The van der Waals surface area contributed by atoms with E-state index in [1.807, 2.05) is 31.2 Å². The highest BCUT2D eigenvalue weighted by Gasteiger charge is 2.18. The van der Waals surface area contributed by atoms with Crippen LogP contribution in [0.25, 0.3) is 0 Å². The Morgan fingerprint density at radius 2 is 2.00 bits per heavy atom. The Balaban J connectivity index is 0.00000256. The lowest BCUT2D eigenvalue weighted by Crippen LogP contribution is -2.35. The third kappa shape index (κ3) is 4.21. The van der Waals surface area contributed by atoms with Gasteiger partial charge in [0.1, 0.15) is 6.04 Å². The lowest BCUT2D eigenvalue weighted by Gasteiger charge is -2.20. The number of likely N-dealkylation sites (N-methyl/N-ethyl adjacent to an activating group) is 1. The zero-order chi connectivity index (χ0) is 12.1. The van der Waals surface area contributed by atoms with Crippen molar-refractivity contribution in [3.63, 3.8) is 0 Å². The summed E-state index contributed by atoms with van der Waals surface area (Å²) >= 11 is 0. The molecule has 4 heteroatoms. The monoisotopic (exact) mass is 254 g/mol. The van der Waals surface area contributed by atoms with Gasteiger partial charge in [-0.15, -0.1) is 19.0 Å². The van der Waals surface area contributed by atoms with Gasteiger partial charge < -0.3 is 10.6 Å². The molecule has 0 saturated heterocycles. The van der Waals surface area contributed by atoms with Gasteiger partial charge in [-0.25, -0.2) is 0 Å². The molecule has 0 radical (unpaired) electrons. The zero-order valence-corrected chi connectivity index (χ0v) is 11.0. The molecule has 1 atom stereocenters. The fourth-order valence-corrected chi connectivity index (χ4v) is 1.44. The van der Waals surface area contributed by atoms with Crippen LogP contribution in [0, 0.1) is 6.92 Å². The van der Waals surface area contributed by atoms with Crippen LogP contribution in [-0.4, -0.2) is 24.4 Å². The Morgan fingerprint density at radius 3 is 2.47 bits per heavy atom. The molecule has 0 spiro atoms. The molecule has 0 bridgehead atoms. The van der Waals surface area contributed by atoms with Crippen molar-refractivity contribution in [3.8, 4) is 0 Å². The van der Waals surface area contributed by atoms with Crippen LogP contribution in [-0.2, 0) is 4.79 Å². The topological polar surface area (TPSA) is 46.3 Å². The molecule has 0 saturated carbocycles. The van der Waals surface area contributed by atoms with Gasteiger partial charge in [0.15, 0.2) is 0 Å². The van der Waals surface area contributed by atoms with E-state index in [-0.39, 0.29) is 18.3 Å². The summed E-state index contributed by atoms with van der Waals surface area (Å²) in [4.78, 5) is 13.4. The average molecular weight is 255 g/mol. The number of hydrogen-bond donors (Lipinski definition) is 1. The third-order valence-electron chi connectivity index (χ3n) is 2.48. The van der Waals surface area contributed by atoms with E-state index >= 15 is 0 Å². The van der Waals surface area contributed by atoms with Crippen molar-refractivity contribution >= 4 is 18.3 Å². The number of amides is 1. The molecule has 94 valence electrons. The number of nitrogens with two attached hydrogens (primary N) is 1. The molecule has 0 aliphatic rings. The first-order chi connectivity index (χ1) is 7.56. The predicted octanol–water partition coefficient (Wildman–Crippen LogP) is 2.06. The minimum Gasteiger partial charge on any atom is -0.340 e. The molecular formula is C13H19ClN2O. The van der Waals surface area contributed by atoms with E-state index in [4.69, 9.17) is 5.73 Å². The van der Waals surface area contributed by atoms with Crippen LogP contribution in [0.3, 0.4) is 0 Å². The van der Waals surface area contributed by atoms with Gasteiger partial charge in [-0.3, -0.25) is 4.79 Å². The van der Waals surface area contributed by atoms with Crippen molar-refractivity contribution < 1.29 is 4.79 Å². The normalized spacial score (nSPS) is 11.2. The summed E-state index contributed by atoms with van der Waals surface area (Å²) in [6, 6.07) is 7.09. The highest BCUT2D eigenvalue weighted by molar-refractivity contribution is 5.85. The maximum atomic E-state index is 11.9. The molecule has 0 heterocycles. The second-order valence-electron chi connectivity index (χ2n) is 3.90. The van der Waals surface area contributed by atoms with Crippen molar-refractivity contribution in [3.05, 3.63) is 48.0 Å². The first-order valence-corrected chi connectivity index (χ1v) is 5.24. The first-order valence-electron chi connectivity index (χ1n) is 5.24. The standard InChI is InChI=1S/C13H18N2O.ClH/c1-4-9-15(3)13(16)12(14)11-7-5-10(2)6-8-11;/h4-8,12H,1,9,14H2,2-3H3;1H. The Kier molecular flexibility index (Phi) is 6.54. The maximum Gasteiger partial charge on any atom is 0.244 e. The molecule has 1 aromatic carbocycles. The second kappa shape index (κ2) is 7.09. The molecule has 1 aromatic rings. The molecule has 17 heavy (non-hydrogen) atoms. The van der Waals surface area contributed by atoms with E-state index in [2.05, 4.69) is 6.58 Å². The molecule has 0 fully saturated rings. The second-order valence-corrected chi connectivity index (χ2v) is 3.90. The quantitative estimate of drug-likeness (QED) is 0.836. The minimum absolute atomic E-state index is 0. The fraction of sp³-hybridized carbons (Fsp3) is 0.308. The smallest absolute Gasteiger partial charge is 0.244 e. The van der Waals surface area contributed by atoms with Crippen molar-refractivity contribution in [2.75, 3.05) is 13.6 Å². The number of halogens is 1. The Bertz CT molecular complexity index is 376. The van der Waals surface area contributed by atoms with E-state index in [1.165, 1.54) is 0 Å². The Hall–Kier alpha value is -1.32. The van der Waals surface area contributed by atoms with Crippen LogP contribution in [0.5, 0.6) is 0 Å². The van der Waals surface area contributed by atoms with Gasteiger partial charge in [0, 0.05) is 13.6 Å². The van der Waals surface area contributed by atoms with Crippen LogP contribution < -0.4 is 5.73 Å². The lowest BCUT2D eigenvalue weighted by molar-refractivity contribution is -0.130.